The molecule has 26 heavy (non-hydrogen) atoms. The van der Waals surface area contributed by atoms with Gasteiger partial charge in [0.1, 0.15) is 5.70 Å². The number of nitrogens with two attached hydrogens (primary N) is 1. The zero-order valence-corrected chi connectivity index (χ0v) is 16.1. The van der Waals surface area contributed by atoms with Gasteiger partial charge in [0.05, 0.1) is 24.8 Å². The summed E-state index contributed by atoms with van der Waals surface area (Å²) in [4.78, 5) is 14.6. The second-order valence-corrected chi connectivity index (χ2v) is 7.66. The van der Waals surface area contributed by atoms with Crippen LogP contribution in [-0.2, 0) is 16.0 Å². The van der Waals surface area contributed by atoms with Gasteiger partial charge in [0.15, 0.2) is 0 Å². The first kappa shape index (κ1) is 18.9. The Hall–Kier alpha value is -1.88. The normalized spacial score (nSPS) is 20.5. The smallest absolute Gasteiger partial charge is 0.252 e. The summed E-state index contributed by atoms with van der Waals surface area (Å²) in [5.74, 6) is 0.0892. The molecule has 0 spiro atoms. The zero-order valence-electron chi connectivity index (χ0n) is 15.3. The second-order valence-electron chi connectivity index (χ2n) is 7.66. The lowest BCUT2D eigenvalue weighted by Gasteiger charge is -2.32. The fraction of sp³-hybridized carbons (Fsp3) is 0.381. The van der Waals surface area contributed by atoms with Gasteiger partial charge in [0.2, 0.25) is 0 Å². The molecule has 2 aliphatic heterocycles. The SMILES string of the molecule is CC1(C)Cc2c(ccc3ccccc23)/C(=C/C(=O)N2CCOCC2)[NH2+]1.[Cl-]. The maximum Gasteiger partial charge on any atom is 0.252 e. The minimum atomic E-state index is 0. The third-order valence-corrected chi connectivity index (χ3v) is 5.13. The average Bonchev–Trinajstić information content (AvgIpc) is 2.61. The number of carbonyl (C=O) groups excluding carboxylic acids is 1. The van der Waals surface area contributed by atoms with Gasteiger partial charge in [-0.15, -0.1) is 0 Å². The Bertz CT molecular complexity index is 854. The van der Waals surface area contributed by atoms with Crippen molar-refractivity contribution in [1.29, 1.82) is 0 Å². The van der Waals surface area contributed by atoms with E-state index in [9.17, 15) is 4.79 Å². The number of morpholine rings is 1. The summed E-state index contributed by atoms with van der Waals surface area (Å²) in [5.41, 5.74) is 3.63. The molecule has 0 aliphatic carbocycles. The Labute approximate surface area is 160 Å². The minimum absolute atomic E-state index is 0. The number of ether oxygens (including phenoxy) is 1. The number of amides is 1. The first-order valence-corrected chi connectivity index (χ1v) is 8.99. The van der Waals surface area contributed by atoms with Crippen LogP contribution in [0.4, 0.5) is 0 Å². The summed E-state index contributed by atoms with van der Waals surface area (Å²) in [6, 6.07) is 12.8. The highest BCUT2D eigenvalue weighted by Gasteiger charge is 2.34. The van der Waals surface area contributed by atoms with E-state index in [2.05, 4.69) is 55.6 Å². The van der Waals surface area contributed by atoms with E-state index in [0.717, 1.165) is 12.1 Å². The second kappa shape index (κ2) is 7.39. The van der Waals surface area contributed by atoms with Crippen LogP contribution in [0.1, 0.15) is 25.0 Å². The number of carbonyl (C=O) groups is 1. The van der Waals surface area contributed by atoms with Gasteiger partial charge in [-0.2, -0.15) is 0 Å². The largest absolute Gasteiger partial charge is 1.00 e. The molecular weight excluding hydrogens is 348 g/mol. The summed E-state index contributed by atoms with van der Waals surface area (Å²) in [7, 11) is 0. The van der Waals surface area contributed by atoms with E-state index in [1.807, 2.05) is 11.0 Å². The van der Waals surface area contributed by atoms with E-state index in [1.165, 1.54) is 21.9 Å². The fourth-order valence-electron chi connectivity index (χ4n) is 3.93. The summed E-state index contributed by atoms with van der Waals surface area (Å²) < 4.78 is 5.35. The van der Waals surface area contributed by atoms with Crippen LogP contribution in [0.2, 0.25) is 0 Å². The number of rotatable bonds is 1. The topological polar surface area (TPSA) is 46.2 Å². The Morgan fingerprint density at radius 3 is 2.65 bits per heavy atom. The number of nitrogens with zero attached hydrogens (tertiary/aromatic N) is 1. The van der Waals surface area contributed by atoms with Crippen LogP contribution in [0.3, 0.4) is 0 Å². The number of hydrogen-bond acceptors (Lipinski definition) is 2. The quantitative estimate of drug-likeness (QED) is 0.649. The molecule has 1 fully saturated rings. The molecule has 2 N–H and O–H groups in total. The molecule has 2 aliphatic rings. The van der Waals surface area contributed by atoms with Gasteiger partial charge in [-0.05, 0) is 36.2 Å². The maximum absolute atomic E-state index is 12.7. The molecule has 0 radical (unpaired) electrons. The van der Waals surface area contributed by atoms with Crippen molar-refractivity contribution in [2.24, 2.45) is 0 Å². The summed E-state index contributed by atoms with van der Waals surface area (Å²) in [6.07, 6.45) is 2.81. The number of halogens is 1. The van der Waals surface area contributed by atoms with Crippen LogP contribution in [0, 0.1) is 0 Å². The van der Waals surface area contributed by atoms with Crippen molar-refractivity contribution in [2.75, 3.05) is 26.3 Å². The molecule has 4 rings (SSSR count). The van der Waals surface area contributed by atoms with Crippen LogP contribution in [0.5, 0.6) is 0 Å². The zero-order chi connectivity index (χ0) is 17.4. The van der Waals surface area contributed by atoms with Crippen molar-refractivity contribution in [3.05, 3.63) is 53.6 Å². The van der Waals surface area contributed by atoms with Crippen molar-refractivity contribution in [3.8, 4) is 0 Å². The van der Waals surface area contributed by atoms with E-state index in [0.29, 0.717) is 26.3 Å². The third-order valence-electron chi connectivity index (χ3n) is 5.13. The van der Waals surface area contributed by atoms with E-state index in [4.69, 9.17) is 4.74 Å². The molecule has 1 saturated heterocycles. The predicted molar refractivity (Wildman–Crippen MR) is 99.0 cm³/mol. The highest BCUT2D eigenvalue weighted by Crippen LogP contribution is 2.31. The summed E-state index contributed by atoms with van der Waals surface area (Å²) in [5, 5.41) is 4.81. The summed E-state index contributed by atoms with van der Waals surface area (Å²) >= 11 is 0. The van der Waals surface area contributed by atoms with Gasteiger partial charge in [0.25, 0.3) is 5.91 Å². The van der Waals surface area contributed by atoms with Crippen LogP contribution in [0.15, 0.2) is 42.5 Å². The van der Waals surface area contributed by atoms with Crippen LogP contribution < -0.4 is 17.7 Å². The van der Waals surface area contributed by atoms with E-state index >= 15 is 0 Å². The molecule has 2 heterocycles. The lowest BCUT2D eigenvalue weighted by molar-refractivity contribution is -0.641. The monoisotopic (exact) mass is 372 g/mol. The molecule has 138 valence electrons. The molecule has 2 aromatic rings. The van der Waals surface area contributed by atoms with Gasteiger partial charge >= 0.3 is 0 Å². The van der Waals surface area contributed by atoms with Crippen molar-refractivity contribution in [2.45, 2.75) is 25.8 Å². The average molecular weight is 373 g/mol. The van der Waals surface area contributed by atoms with Crippen molar-refractivity contribution >= 4 is 22.4 Å². The molecule has 0 saturated carbocycles. The van der Waals surface area contributed by atoms with Gasteiger partial charge in [-0.3, -0.25) is 4.79 Å². The van der Waals surface area contributed by atoms with Gasteiger partial charge in [0, 0.05) is 25.1 Å². The van der Waals surface area contributed by atoms with Gasteiger partial charge in [-0.25, -0.2) is 0 Å². The fourth-order valence-corrected chi connectivity index (χ4v) is 3.93. The first-order chi connectivity index (χ1) is 12.0. The van der Waals surface area contributed by atoms with Gasteiger partial charge < -0.3 is 27.4 Å². The molecule has 4 nitrogen and oxygen atoms in total. The highest BCUT2D eigenvalue weighted by molar-refractivity contribution is 5.96. The molecule has 0 bridgehead atoms. The molecule has 0 atom stereocenters. The van der Waals surface area contributed by atoms with Gasteiger partial charge in [-0.1, -0.05) is 30.3 Å². The lowest BCUT2D eigenvalue weighted by Crippen LogP contribution is -3.00. The first-order valence-electron chi connectivity index (χ1n) is 8.99. The van der Waals surface area contributed by atoms with Crippen molar-refractivity contribution in [1.82, 2.24) is 4.90 Å². The standard InChI is InChI=1S/C21H24N2O2.ClH/c1-21(2)14-18-16-6-4-3-5-15(16)7-8-17(18)19(22-21)13-20(24)23-9-11-25-12-10-23;/h3-8,13,22H,9-12,14H2,1-2H3;1H/b19-13-;. The molecule has 5 heteroatoms. The van der Waals surface area contributed by atoms with E-state index in [-0.39, 0.29) is 23.9 Å². The Balaban J connectivity index is 0.00000196. The van der Waals surface area contributed by atoms with Crippen LogP contribution in [-0.4, -0.2) is 42.6 Å². The Morgan fingerprint density at radius 2 is 1.88 bits per heavy atom. The van der Waals surface area contributed by atoms with Crippen LogP contribution >= 0.6 is 0 Å². The number of fused-ring (bicyclic) bond motifs is 3. The Morgan fingerprint density at radius 1 is 1.15 bits per heavy atom. The molecule has 0 aromatic heterocycles. The number of benzene rings is 2. The Kier molecular flexibility index (Phi) is 5.37. The molecule has 1 amide bonds. The van der Waals surface area contributed by atoms with Crippen LogP contribution in [0.25, 0.3) is 16.5 Å². The lowest BCUT2D eigenvalue weighted by atomic mass is 9.83. The number of quaternary nitrogens is 1. The molecule has 2 aromatic carbocycles. The van der Waals surface area contributed by atoms with Crippen molar-refractivity contribution < 1.29 is 27.3 Å². The third kappa shape index (κ3) is 3.63. The molecular formula is C21H25ClN2O2. The predicted octanol–water partition coefficient (Wildman–Crippen LogP) is -1.06. The van der Waals surface area contributed by atoms with E-state index < -0.39 is 0 Å². The maximum atomic E-state index is 12.7. The minimum Gasteiger partial charge on any atom is -1.00 e. The molecule has 0 unspecified atom stereocenters. The van der Waals surface area contributed by atoms with E-state index in [1.54, 1.807) is 0 Å². The van der Waals surface area contributed by atoms with Crippen molar-refractivity contribution in [3.63, 3.8) is 0 Å². The summed E-state index contributed by atoms with van der Waals surface area (Å²) in [6.45, 7) is 7.10. The highest BCUT2D eigenvalue weighted by atomic mass is 35.5. The number of hydrogen-bond donors (Lipinski definition) is 1.